The van der Waals surface area contributed by atoms with Gasteiger partial charge >= 0.3 is 0 Å². The van der Waals surface area contributed by atoms with Crippen molar-refractivity contribution in [3.05, 3.63) is 23.8 Å². The fourth-order valence-corrected chi connectivity index (χ4v) is 2.38. The van der Waals surface area contributed by atoms with Gasteiger partial charge in [0.05, 0.1) is 7.11 Å². The third-order valence-electron chi connectivity index (χ3n) is 3.64. The highest BCUT2D eigenvalue weighted by molar-refractivity contribution is 5.78. The van der Waals surface area contributed by atoms with Gasteiger partial charge in [-0.25, -0.2) is 0 Å². The molecule has 0 radical (unpaired) electrons. The van der Waals surface area contributed by atoms with E-state index in [4.69, 9.17) is 15.2 Å². The molecule has 1 aromatic carbocycles. The highest BCUT2D eigenvalue weighted by atomic mass is 16.5. The summed E-state index contributed by atoms with van der Waals surface area (Å²) in [6.07, 6.45) is 0.982. The van der Waals surface area contributed by atoms with E-state index in [1.165, 1.54) is 0 Å². The summed E-state index contributed by atoms with van der Waals surface area (Å²) in [5, 5.41) is 0. The molecule has 1 saturated heterocycles. The largest absolute Gasteiger partial charge is 0.493 e. The molecule has 2 rings (SSSR count). The number of hydrogen-bond acceptors (Lipinski definition) is 4. The van der Waals surface area contributed by atoms with Gasteiger partial charge in [0, 0.05) is 13.1 Å². The molecule has 110 valence electrons. The average Bonchev–Trinajstić information content (AvgIpc) is 2.94. The predicted octanol–water partition coefficient (Wildman–Crippen LogP) is 1.19. The predicted molar refractivity (Wildman–Crippen MR) is 77.0 cm³/mol. The molecule has 1 aliphatic heterocycles. The Morgan fingerprint density at radius 2 is 2.25 bits per heavy atom. The standard InChI is InChI=1S/C15H22N2O3/c1-11-3-4-13(14(7-11)19-2)20-10-15(18)17-6-5-12(8-16)9-17/h3-4,7,12H,5-6,8-10,16H2,1-2H3/t12-/m0/s1. The topological polar surface area (TPSA) is 64.8 Å². The van der Waals surface area contributed by atoms with Gasteiger partial charge in [-0.05, 0) is 43.5 Å². The number of carbonyl (C=O) groups is 1. The number of ether oxygens (including phenoxy) is 2. The second kappa shape index (κ2) is 6.61. The molecule has 0 unspecified atom stereocenters. The smallest absolute Gasteiger partial charge is 0.260 e. The Morgan fingerprint density at radius 1 is 1.45 bits per heavy atom. The number of nitrogens with zero attached hydrogens (tertiary/aromatic N) is 1. The maximum absolute atomic E-state index is 12.1. The highest BCUT2D eigenvalue weighted by Gasteiger charge is 2.25. The summed E-state index contributed by atoms with van der Waals surface area (Å²) in [6, 6.07) is 5.65. The van der Waals surface area contributed by atoms with Gasteiger partial charge in [0.15, 0.2) is 18.1 Å². The number of likely N-dealkylation sites (tertiary alicyclic amines) is 1. The molecule has 0 bridgehead atoms. The van der Waals surface area contributed by atoms with Crippen LogP contribution in [0.25, 0.3) is 0 Å². The Balaban J connectivity index is 1.90. The van der Waals surface area contributed by atoms with E-state index in [2.05, 4.69) is 0 Å². The Labute approximate surface area is 119 Å². The Hall–Kier alpha value is -1.75. The van der Waals surface area contributed by atoms with Crippen molar-refractivity contribution in [1.82, 2.24) is 4.90 Å². The lowest BCUT2D eigenvalue weighted by molar-refractivity contribution is -0.132. The summed E-state index contributed by atoms with van der Waals surface area (Å²) in [6.45, 7) is 4.17. The third-order valence-corrected chi connectivity index (χ3v) is 3.64. The van der Waals surface area contributed by atoms with Gasteiger partial charge in [-0.2, -0.15) is 0 Å². The monoisotopic (exact) mass is 278 g/mol. The van der Waals surface area contributed by atoms with Crippen LogP contribution in [-0.4, -0.2) is 44.2 Å². The zero-order valence-electron chi connectivity index (χ0n) is 12.1. The van der Waals surface area contributed by atoms with Gasteiger partial charge in [-0.3, -0.25) is 4.79 Å². The van der Waals surface area contributed by atoms with Gasteiger partial charge in [0.25, 0.3) is 5.91 Å². The van der Waals surface area contributed by atoms with Crippen LogP contribution < -0.4 is 15.2 Å². The van der Waals surface area contributed by atoms with E-state index in [1.54, 1.807) is 7.11 Å². The van der Waals surface area contributed by atoms with Gasteiger partial charge < -0.3 is 20.1 Å². The first-order valence-electron chi connectivity index (χ1n) is 6.89. The van der Waals surface area contributed by atoms with Crippen molar-refractivity contribution in [2.75, 3.05) is 33.4 Å². The van der Waals surface area contributed by atoms with Crippen molar-refractivity contribution in [3.8, 4) is 11.5 Å². The lowest BCUT2D eigenvalue weighted by Crippen LogP contribution is -2.33. The molecule has 0 aliphatic carbocycles. The zero-order valence-corrected chi connectivity index (χ0v) is 12.1. The second-order valence-electron chi connectivity index (χ2n) is 5.17. The molecule has 1 amide bonds. The van der Waals surface area contributed by atoms with E-state index in [0.717, 1.165) is 25.1 Å². The van der Waals surface area contributed by atoms with E-state index in [1.807, 2.05) is 30.0 Å². The van der Waals surface area contributed by atoms with Crippen LogP contribution in [0.5, 0.6) is 11.5 Å². The summed E-state index contributed by atoms with van der Waals surface area (Å²) in [5.74, 6) is 1.68. The van der Waals surface area contributed by atoms with E-state index in [9.17, 15) is 4.79 Å². The number of hydrogen-bond donors (Lipinski definition) is 1. The SMILES string of the molecule is COc1cc(C)ccc1OCC(=O)N1CC[C@@H](CN)C1. The van der Waals surface area contributed by atoms with Crippen molar-refractivity contribution in [2.45, 2.75) is 13.3 Å². The molecule has 1 fully saturated rings. The van der Waals surface area contributed by atoms with Gasteiger partial charge in [-0.1, -0.05) is 6.07 Å². The van der Waals surface area contributed by atoms with Crippen molar-refractivity contribution in [1.29, 1.82) is 0 Å². The van der Waals surface area contributed by atoms with Gasteiger partial charge in [0.2, 0.25) is 0 Å². The van der Waals surface area contributed by atoms with Crippen LogP contribution in [-0.2, 0) is 4.79 Å². The van der Waals surface area contributed by atoms with Crippen LogP contribution in [0.1, 0.15) is 12.0 Å². The Morgan fingerprint density at radius 3 is 2.90 bits per heavy atom. The first kappa shape index (κ1) is 14.7. The van der Waals surface area contributed by atoms with Crippen molar-refractivity contribution in [3.63, 3.8) is 0 Å². The minimum absolute atomic E-state index is 0.00331. The molecule has 1 atom stereocenters. The van der Waals surface area contributed by atoms with Crippen molar-refractivity contribution < 1.29 is 14.3 Å². The van der Waals surface area contributed by atoms with Crippen molar-refractivity contribution >= 4 is 5.91 Å². The Bertz CT molecular complexity index is 476. The lowest BCUT2D eigenvalue weighted by atomic mass is 10.1. The summed E-state index contributed by atoms with van der Waals surface area (Å²) in [5.41, 5.74) is 6.72. The number of nitrogens with two attached hydrogens (primary N) is 1. The first-order valence-corrected chi connectivity index (χ1v) is 6.89. The maximum Gasteiger partial charge on any atom is 0.260 e. The molecule has 20 heavy (non-hydrogen) atoms. The number of benzene rings is 1. The fraction of sp³-hybridized carbons (Fsp3) is 0.533. The minimum atomic E-state index is 0.00331. The van der Waals surface area contributed by atoms with E-state index >= 15 is 0 Å². The molecular weight excluding hydrogens is 256 g/mol. The van der Waals surface area contributed by atoms with Crippen LogP contribution in [0, 0.1) is 12.8 Å². The molecular formula is C15H22N2O3. The first-order chi connectivity index (χ1) is 9.63. The van der Waals surface area contributed by atoms with Crippen LogP contribution >= 0.6 is 0 Å². The maximum atomic E-state index is 12.1. The molecule has 2 N–H and O–H groups in total. The van der Waals surface area contributed by atoms with Crippen LogP contribution in [0.4, 0.5) is 0 Å². The lowest BCUT2D eigenvalue weighted by Gasteiger charge is -2.17. The van der Waals surface area contributed by atoms with Crippen LogP contribution in [0.3, 0.4) is 0 Å². The summed E-state index contributed by atoms with van der Waals surface area (Å²) < 4.78 is 10.8. The zero-order chi connectivity index (χ0) is 14.5. The number of methoxy groups -OCH3 is 1. The van der Waals surface area contributed by atoms with Gasteiger partial charge in [0.1, 0.15) is 0 Å². The molecule has 0 spiro atoms. The van der Waals surface area contributed by atoms with E-state index in [-0.39, 0.29) is 12.5 Å². The molecule has 1 aromatic rings. The van der Waals surface area contributed by atoms with Crippen molar-refractivity contribution in [2.24, 2.45) is 11.7 Å². The van der Waals surface area contributed by atoms with Crippen LogP contribution in [0.2, 0.25) is 0 Å². The number of rotatable bonds is 5. The number of carbonyl (C=O) groups excluding carboxylic acids is 1. The fourth-order valence-electron chi connectivity index (χ4n) is 2.38. The number of aryl methyl sites for hydroxylation is 1. The summed E-state index contributed by atoms with van der Waals surface area (Å²) in [7, 11) is 1.59. The quantitative estimate of drug-likeness (QED) is 0.878. The van der Waals surface area contributed by atoms with E-state index in [0.29, 0.717) is 24.0 Å². The normalized spacial score (nSPS) is 18.1. The highest BCUT2D eigenvalue weighted by Crippen LogP contribution is 2.27. The number of amides is 1. The molecule has 0 aromatic heterocycles. The molecule has 5 heteroatoms. The second-order valence-corrected chi connectivity index (χ2v) is 5.17. The molecule has 1 heterocycles. The van der Waals surface area contributed by atoms with Gasteiger partial charge in [-0.15, -0.1) is 0 Å². The molecule has 5 nitrogen and oxygen atoms in total. The summed E-state index contributed by atoms with van der Waals surface area (Å²) >= 11 is 0. The average molecular weight is 278 g/mol. The molecule has 0 saturated carbocycles. The molecule has 1 aliphatic rings. The summed E-state index contributed by atoms with van der Waals surface area (Å²) in [4.78, 5) is 13.9. The van der Waals surface area contributed by atoms with E-state index < -0.39 is 0 Å². The minimum Gasteiger partial charge on any atom is -0.493 e. The Kier molecular flexibility index (Phi) is 4.84. The van der Waals surface area contributed by atoms with Crippen LogP contribution in [0.15, 0.2) is 18.2 Å². The third kappa shape index (κ3) is 3.42.